The molecule has 3 N–H and O–H groups in total. The molecule has 11 nitrogen and oxygen atoms in total. The number of H-pyrrole nitrogens is 1. The normalized spacial score (nSPS) is 17.1. The average molecular weight is 467 g/mol. The molecule has 2 heterocycles. The molecule has 1 saturated heterocycles. The molecule has 0 saturated carbocycles. The molecule has 11 heteroatoms. The van der Waals surface area contributed by atoms with E-state index in [0.717, 1.165) is 12.1 Å². The summed E-state index contributed by atoms with van der Waals surface area (Å²) in [5.74, 6) is -1.69. The van der Waals surface area contributed by atoms with Gasteiger partial charge in [0, 0.05) is 30.0 Å². The van der Waals surface area contributed by atoms with Gasteiger partial charge in [0.15, 0.2) is 18.0 Å². The zero-order valence-electron chi connectivity index (χ0n) is 18.7. The van der Waals surface area contributed by atoms with Gasteiger partial charge in [0.25, 0.3) is 11.8 Å². The van der Waals surface area contributed by atoms with Gasteiger partial charge >= 0.3 is 5.76 Å². The monoisotopic (exact) mass is 467 g/mol. The van der Waals surface area contributed by atoms with Crippen molar-refractivity contribution in [2.24, 2.45) is 0 Å². The molecule has 178 valence electrons. The smallest absolute Gasteiger partial charge is 0.380 e. The molecule has 2 amide bonds. The Morgan fingerprint density at radius 2 is 1.91 bits per heavy atom. The van der Waals surface area contributed by atoms with Crippen molar-refractivity contribution in [2.75, 3.05) is 37.5 Å². The van der Waals surface area contributed by atoms with Crippen molar-refractivity contribution < 1.29 is 24.0 Å². The Bertz CT molecular complexity index is 1200. The van der Waals surface area contributed by atoms with Crippen LogP contribution in [0.5, 0.6) is 0 Å². The first-order chi connectivity index (χ1) is 16.3. The predicted molar refractivity (Wildman–Crippen MR) is 123 cm³/mol. The summed E-state index contributed by atoms with van der Waals surface area (Å²) >= 11 is 0. The van der Waals surface area contributed by atoms with E-state index in [1.54, 1.807) is 24.3 Å². The van der Waals surface area contributed by atoms with Gasteiger partial charge in [-0.15, -0.1) is 0 Å². The number of amides is 2. The number of nitrogens with zero attached hydrogens (tertiary/aromatic N) is 3. The van der Waals surface area contributed by atoms with Gasteiger partial charge in [-0.3, -0.25) is 19.1 Å². The first kappa shape index (κ1) is 23.4. The first-order valence-electron chi connectivity index (χ1n) is 10.6. The fraction of sp³-hybridized carbons (Fsp3) is 0.304. The van der Waals surface area contributed by atoms with Crippen molar-refractivity contribution in [2.45, 2.75) is 18.8 Å². The van der Waals surface area contributed by atoms with Crippen LogP contribution >= 0.6 is 0 Å². The largest absolute Gasteiger partial charge is 0.439 e. The van der Waals surface area contributed by atoms with Gasteiger partial charge in [-0.05, 0) is 56.1 Å². The van der Waals surface area contributed by atoms with E-state index in [-0.39, 0.29) is 12.4 Å². The third-order valence-electron chi connectivity index (χ3n) is 5.29. The second-order valence-corrected chi connectivity index (χ2v) is 8.14. The number of rotatable bonds is 7. The third-order valence-corrected chi connectivity index (χ3v) is 5.29. The Hall–Kier alpha value is -3.80. The number of aliphatic hydroxyl groups excluding tert-OH is 1. The highest BCUT2D eigenvalue weighted by Crippen LogP contribution is 2.22. The van der Waals surface area contributed by atoms with Crippen molar-refractivity contribution in [3.8, 4) is 11.4 Å². The van der Waals surface area contributed by atoms with E-state index in [0.29, 0.717) is 23.5 Å². The standard InChI is InChI=1S/C23H25N5O6/c1-27(2)13-14-3-9-17(10-4-14)28-11-12-33-19(22(28)31)18(29)21(30)24-16-7-5-15(6-8-16)20-25-23(32)34-26-20/h3-10,18-19,29H,11-13H2,1-2H3,(H,24,30)(H,25,26,32)/t18-,19-/m1/s1. The molecule has 3 aromatic rings. The van der Waals surface area contributed by atoms with Gasteiger partial charge in [-0.2, -0.15) is 0 Å². The van der Waals surface area contributed by atoms with E-state index >= 15 is 0 Å². The number of hydrogen-bond donors (Lipinski definition) is 3. The molecule has 1 fully saturated rings. The number of carbonyl (C=O) groups excluding carboxylic acids is 2. The van der Waals surface area contributed by atoms with Gasteiger partial charge in [0.1, 0.15) is 0 Å². The molecule has 1 aliphatic rings. The van der Waals surface area contributed by atoms with E-state index in [9.17, 15) is 19.5 Å². The summed E-state index contributed by atoms with van der Waals surface area (Å²) < 4.78 is 9.93. The van der Waals surface area contributed by atoms with Crippen molar-refractivity contribution in [3.63, 3.8) is 0 Å². The van der Waals surface area contributed by atoms with Gasteiger partial charge < -0.3 is 25.0 Å². The summed E-state index contributed by atoms with van der Waals surface area (Å²) in [5.41, 5.74) is 2.74. The van der Waals surface area contributed by atoms with E-state index in [1.807, 2.05) is 43.3 Å². The Labute approximate surface area is 194 Å². The molecule has 0 aliphatic carbocycles. The maximum Gasteiger partial charge on any atom is 0.439 e. The Morgan fingerprint density at radius 1 is 1.21 bits per heavy atom. The third kappa shape index (κ3) is 5.22. The van der Waals surface area contributed by atoms with Crippen LogP contribution in [0.4, 0.5) is 11.4 Å². The number of aliphatic hydroxyl groups is 1. The van der Waals surface area contributed by atoms with Crippen LogP contribution in [0.3, 0.4) is 0 Å². The SMILES string of the molecule is CN(C)Cc1ccc(N2CCO[C@H]([C@@H](O)C(=O)Nc3ccc(-c4noc(=O)[nH]4)cc3)C2=O)cc1. The minimum atomic E-state index is -1.70. The van der Waals surface area contributed by atoms with Crippen LogP contribution in [0, 0.1) is 0 Å². The molecular weight excluding hydrogens is 442 g/mol. The van der Waals surface area contributed by atoms with Crippen molar-refractivity contribution in [1.29, 1.82) is 0 Å². The molecule has 4 rings (SSSR count). The lowest BCUT2D eigenvalue weighted by molar-refractivity contribution is -0.150. The zero-order chi connectivity index (χ0) is 24.2. The van der Waals surface area contributed by atoms with Crippen LogP contribution in [0.15, 0.2) is 57.8 Å². The molecule has 0 spiro atoms. The van der Waals surface area contributed by atoms with Gasteiger partial charge in [0.2, 0.25) is 0 Å². The highest BCUT2D eigenvalue weighted by Gasteiger charge is 2.39. The summed E-state index contributed by atoms with van der Waals surface area (Å²) in [6.07, 6.45) is -3.02. The molecular formula is C23H25N5O6. The molecule has 2 atom stereocenters. The fourth-order valence-electron chi connectivity index (χ4n) is 3.65. The maximum atomic E-state index is 13.0. The Morgan fingerprint density at radius 3 is 2.53 bits per heavy atom. The Kier molecular flexibility index (Phi) is 6.87. The van der Waals surface area contributed by atoms with E-state index in [2.05, 4.69) is 20.0 Å². The number of benzene rings is 2. The predicted octanol–water partition coefficient (Wildman–Crippen LogP) is 0.823. The maximum absolute atomic E-state index is 13.0. The zero-order valence-corrected chi connectivity index (χ0v) is 18.7. The van der Waals surface area contributed by atoms with Gasteiger partial charge in [-0.25, -0.2) is 4.79 Å². The molecule has 34 heavy (non-hydrogen) atoms. The number of ether oxygens (including phenoxy) is 1. The second kappa shape index (κ2) is 10.00. The number of morpholine rings is 1. The van der Waals surface area contributed by atoms with Gasteiger partial charge in [-0.1, -0.05) is 17.3 Å². The number of carbonyl (C=O) groups is 2. The van der Waals surface area contributed by atoms with Crippen molar-refractivity contribution >= 4 is 23.2 Å². The molecule has 0 radical (unpaired) electrons. The first-order valence-corrected chi connectivity index (χ1v) is 10.6. The number of nitrogens with one attached hydrogen (secondary N) is 2. The highest BCUT2D eigenvalue weighted by atomic mass is 16.5. The molecule has 0 bridgehead atoms. The minimum absolute atomic E-state index is 0.185. The highest BCUT2D eigenvalue weighted by molar-refractivity contribution is 6.03. The van der Waals surface area contributed by atoms with Crippen LogP contribution in [0.25, 0.3) is 11.4 Å². The van der Waals surface area contributed by atoms with Crippen LogP contribution in [-0.2, 0) is 20.9 Å². The summed E-state index contributed by atoms with van der Waals surface area (Å²) in [5, 5.41) is 16.7. The van der Waals surface area contributed by atoms with Gasteiger partial charge in [0.05, 0.1) is 6.61 Å². The molecule has 1 aromatic heterocycles. The van der Waals surface area contributed by atoms with Crippen LogP contribution < -0.4 is 16.0 Å². The van der Waals surface area contributed by atoms with E-state index < -0.39 is 29.8 Å². The summed E-state index contributed by atoms with van der Waals surface area (Å²) in [6.45, 7) is 1.28. The van der Waals surface area contributed by atoms with Crippen LogP contribution in [0.2, 0.25) is 0 Å². The topological polar surface area (TPSA) is 141 Å². The lowest BCUT2D eigenvalue weighted by atomic mass is 10.1. The molecule has 1 aliphatic heterocycles. The molecule has 2 aromatic carbocycles. The minimum Gasteiger partial charge on any atom is -0.380 e. The summed E-state index contributed by atoms with van der Waals surface area (Å²) in [7, 11) is 3.95. The lowest BCUT2D eigenvalue weighted by Gasteiger charge is -2.34. The number of aromatic nitrogens is 2. The quantitative estimate of drug-likeness (QED) is 0.464. The van der Waals surface area contributed by atoms with E-state index in [1.165, 1.54) is 4.90 Å². The fourth-order valence-corrected chi connectivity index (χ4v) is 3.65. The van der Waals surface area contributed by atoms with Crippen molar-refractivity contribution in [1.82, 2.24) is 15.0 Å². The van der Waals surface area contributed by atoms with Crippen molar-refractivity contribution in [3.05, 3.63) is 64.6 Å². The summed E-state index contributed by atoms with van der Waals surface area (Å²) in [6, 6.07) is 13.9. The Balaban J connectivity index is 1.40. The number of aromatic amines is 1. The van der Waals surface area contributed by atoms with Crippen LogP contribution in [0.1, 0.15) is 5.56 Å². The average Bonchev–Trinajstić information content (AvgIpc) is 3.26. The molecule has 0 unspecified atom stereocenters. The second-order valence-electron chi connectivity index (χ2n) is 8.14. The number of hydrogen-bond acceptors (Lipinski definition) is 8. The summed E-state index contributed by atoms with van der Waals surface area (Å²) in [4.78, 5) is 42.7. The van der Waals surface area contributed by atoms with E-state index in [4.69, 9.17) is 4.74 Å². The van der Waals surface area contributed by atoms with Crippen LogP contribution in [-0.4, -0.2) is 71.4 Å². The lowest BCUT2D eigenvalue weighted by Crippen LogP contribution is -2.55. The number of anilines is 2.